The fourth-order valence-corrected chi connectivity index (χ4v) is 2.99. The van der Waals surface area contributed by atoms with Crippen LogP contribution in [0.1, 0.15) is 19.3 Å². The largest absolute Gasteiger partial charge is 0.366 e. The predicted octanol–water partition coefficient (Wildman–Crippen LogP) is 3.07. The molecule has 0 radical (unpaired) electrons. The van der Waals surface area contributed by atoms with Gasteiger partial charge >= 0.3 is 5.69 Å². The molecule has 0 bridgehead atoms. The van der Waals surface area contributed by atoms with Gasteiger partial charge in [-0.15, -0.1) is 0 Å². The van der Waals surface area contributed by atoms with Gasteiger partial charge in [0.2, 0.25) is 0 Å². The molecule has 20 heavy (non-hydrogen) atoms. The molecule has 0 amide bonds. The molecule has 0 spiro atoms. The Labute approximate surface area is 124 Å². The molecule has 1 saturated heterocycles. The van der Waals surface area contributed by atoms with Crippen LogP contribution in [0.5, 0.6) is 0 Å². The molecule has 1 fully saturated rings. The van der Waals surface area contributed by atoms with E-state index in [1.54, 1.807) is 18.2 Å². The van der Waals surface area contributed by atoms with Gasteiger partial charge in [0, 0.05) is 13.1 Å². The number of benzene rings is 1. The lowest BCUT2D eigenvalue weighted by Gasteiger charge is -2.33. The van der Waals surface area contributed by atoms with E-state index < -0.39 is 0 Å². The van der Waals surface area contributed by atoms with Crippen LogP contribution in [0.15, 0.2) is 18.2 Å². The Morgan fingerprint density at radius 1 is 1.45 bits per heavy atom. The molecule has 0 saturated carbocycles. The molecular formula is C14H20ClN3O2. The molecule has 1 N–H and O–H groups in total. The Hall–Kier alpha value is -1.33. The summed E-state index contributed by atoms with van der Waals surface area (Å²) in [7, 11) is 1.96. The molecule has 1 aliphatic rings. The molecule has 0 unspecified atom stereocenters. The van der Waals surface area contributed by atoms with Crippen LogP contribution in [0.25, 0.3) is 0 Å². The maximum atomic E-state index is 11.2. The number of hydrogen-bond donors (Lipinski definition) is 1. The number of para-hydroxylation sites is 1. The van der Waals surface area contributed by atoms with Crippen molar-refractivity contribution in [2.45, 2.75) is 19.3 Å². The lowest BCUT2D eigenvalue weighted by molar-refractivity contribution is -0.384. The van der Waals surface area contributed by atoms with Crippen LogP contribution in [0.3, 0.4) is 0 Å². The first kappa shape index (κ1) is 15.1. The second-order valence-electron chi connectivity index (χ2n) is 5.19. The number of rotatable bonds is 5. The lowest BCUT2D eigenvalue weighted by atomic mass is 9.93. The van der Waals surface area contributed by atoms with Gasteiger partial charge in [-0.1, -0.05) is 17.7 Å². The third-order valence-corrected chi connectivity index (χ3v) is 4.21. The summed E-state index contributed by atoms with van der Waals surface area (Å²) in [6, 6.07) is 5.14. The summed E-state index contributed by atoms with van der Waals surface area (Å²) in [5.74, 6) is 0.706. The van der Waals surface area contributed by atoms with Crippen molar-refractivity contribution in [2.24, 2.45) is 5.92 Å². The molecule has 1 aromatic carbocycles. The molecule has 2 rings (SSSR count). The maximum Gasteiger partial charge on any atom is 0.310 e. The van der Waals surface area contributed by atoms with E-state index in [1.165, 1.54) is 6.42 Å². The molecule has 1 aromatic rings. The molecular weight excluding hydrogens is 278 g/mol. The Morgan fingerprint density at radius 3 is 2.75 bits per heavy atom. The Bertz CT molecular complexity index is 473. The minimum Gasteiger partial charge on any atom is -0.366 e. The molecule has 1 aliphatic heterocycles. The van der Waals surface area contributed by atoms with Crippen molar-refractivity contribution in [2.75, 3.05) is 31.6 Å². The van der Waals surface area contributed by atoms with E-state index in [-0.39, 0.29) is 15.6 Å². The van der Waals surface area contributed by atoms with Crippen LogP contribution in [0.2, 0.25) is 5.02 Å². The van der Waals surface area contributed by atoms with Crippen molar-refractivity contribution < 1.29 is 4.92 Å². The van der Waals surface area contributed by atoms with E-state index in [4.69, 9.17) is 11.6 Å². The molecule has 1 heterocycles. The van der Waals surface area contributed by atoms with Crippen LogP contribution < -0.4 is 10.2 Å². The highest BCUT2D eigenvalue weighted by Gasteiger charge is 2.26. The van der Waals surface area contributed by atoms with E-state index in [1.807, 2.05) is 7.05 Å². The normalized spacial score (nSPS) is 16.4. The van der Waals surface area contributed by atoms with Crippen molar-refractivity contribution in [1.29, 1.82) is 0 Å². The quantitative estimate of drug-likeness (QED) is 0.670. The van der Waals surface area contributed by atoms with Crippen molar-refractivity contribution in [3.63, 3.8) is 0 Å². The minimum atomic E-state index is -0.384. The summed E-state index contributed by atoms with van der Waals surface area (Å²) in [6.07, 6.45) is 3.32. The Balaban J connectivity index is 2.07. The third kappa shape index (κ3) is 3.41. The second-order valence-corrected chi connectivity index (χ2v) is 5.59. The van der Waals surface area contributed by atoms with Crippen molar-refractivity contribution in [3.05, 3.63) is 33.3 Å². The number of nitro benzene ring substituents is 1. The maximum absolute atomic E-state index is 11.2. The number of nitrogens with one attached hydrogen (secondary N) is 1. The minimum absolute atomic E-state index is 0.0304. The summed E-state index contributed by atoms with van der Waals surface area (Å²) in [4.78, 5) is 12.9. The van der Waals surface area contributed by atoms with Gasteiger partial charge in [0.15, 0.2) is 0 Å². The van der Waals surface area contributed by atoms with Gasteiger partial charge in [0.25, 0.3) is 0 Å². The zero-order valence-corrected chi connectivity index (χ0v) is 12.4. The van der Waals surface area contributed by atoms with Crippen LogP contribution in [0, 0.1) is 16.0 Å². The Morgan fingerprint density at radius 2 is 2.15 bits per heavy atom. The first-order valence-corrected chi connectivity index (χ1v) is 7.33. The summed E-state index contributed by atoms with van der Waals surface area (Å²) >= 11 is 5.96. The van der Waals surface area contributed by atoms with E-state index in [2.05, 4.69) is 10.2 Å². The molecule has 5 nitrogen and oxygen atoms in total. The van der Waals surface area contributed by atoms with E-state index >= 15 is 0 Å². The molecule has 6 heteroatoms. The topological polar surface area (TPSA) is 58.4 Å². The number of hydrogen-bond acceptors (Lipinski definition) is 4. The summed E-state index contributed by atoms with van der Waals surface area (Å²) in [5.41, 5.74) is 0.678. The van der Waals surface area contributed by atoms with Gasteiger partial charge in [0.05, 0.1) is 4.92 Å². The summed E-state index contributed by atoms with van der Waals surface area (Å²) < 4.78 is 0. The van der Waals surface area contributed by atoms with Gasteiger partial charge < -0.3 is 10.2 Å². The van der Waals surface area contributed by atoms with E-state index in [0.717, 1.165) is 32.5 Å². The van der Waals surface area contributed by atoms with Crippen molar-refractivity contribution in [1.82, 2.24) is 5.32 Å². The zero-order valence-electron chi connectivity index (χ0n) is 11.6. The van der Waals surface area contributed by atoms with Crippen molar-refractivity contribution >= 4 is 23.0 Å². The average Bonchev–Trinajstić information content (AvgIpc) is 2.45. The fourth-order valence-electron chi connectivity index (χ4n) is 2.75. The van der Waals surface area contributed by atoms with Crippen LogP contribution >= 0.6 is 11.6 Å². The van der Waals surface area contributed by atoms with Crippen molar-refractivity contribution in [3.8, 4) is 0 Å². The number of nitro groups is 1. The lowest BCUT2D eigenvalue weighted by Crippen LogP contribution is -2.34. The monoisotopic (exact) mass is 297 g/mol. The Kier molecular flexibility index (Phi) is 5.20. The molecule has 0 aromatic heterocycles. The number of piperidine rings is 1. The highest BCUT2D eigenvalue weighted by molar-refractivity contribution is 6.33. The first-order chi connectivity index (χ1) is 9.63. The second kappa shape index (κ2) is 6.90. The predicted molar refractivity (Wildman–Crippen MR) is 81.6 cm³/mol. The number of anilines is 1. The van der Waals surface area contributed by atoms with Crippen LogP contribution in [-0.2, 0) is 0 Å². The van der Waals surface area contributed by atoms with Crippen LogP contribution in [0.4, 0.5) is 11.4 Å². The van der Waals surface area contributed by atoms with Gasteiger partial charge in [-0.25, -0.2) is 0 Å². The highest BCUT2D eigenvalue weighted by atomic mass is 35.5. The molecule has 110 valence electrons. The van der Waals surface area contributed by atoms with Gasteiger partial charge in [-0.05, 0) is 50.9 Å². The van der Waals surface area contributed by atoms with Gasteiger partial charge in [0.1, 0.15) is 10.7 Å². The molecule has 0 atom stereocenters. The standard InChI is InChI=1S/C14H20ClN3O2/c1-16-8-5-11-6-9-17(10-7-11)13-4-2-3-12(15)14(13)18(19)20/h2-4,11,16H,5-10H2,1H3. The highest BCUT2D eigenvalue weighted by Crippen LogP contribution is 2.36. The first-order valence-electron chi connectivity index (χ1n) is 6.96. The smallest absolute Gasteiger partial charge is 0.310 e. The van der Waals surface area contributed by atoms with Gasteiger partial charge in [-0.3, -0.25) is 10.1 Å². The third-order valence-electron chi connectivity index (χ3n) is 3.91. The molecule has 0 aliphatic carbocycles. The zero-order chi connectivity index (χ0) is 14.5. The summed E-state index contributed by atoms with van der Waals surface area (Å²) in [5, 5.41) is 14.6. The summed E-state index contributed by atoms with van der Waals surface area (Å²) in [6.45, 7) is 2.74. The van der Waals surface area contributed by atoms with E-state index in [9.17, 15) is 10.1 Å². The van der Waals surface area contributed by atoms with Gasteiger partial charge in [-0.2, -0.15) is 0 Å². The van der Waals surface area contributed by atoms with E-state index in [0.29, 0.717) is 11.6 Å². The number of halogens is 1. The fraction of sp³-hybridized carbons (Fsp3) is 0.571. The average molecular weight is 298 g/mol. The number of nitrogens with zero attached hydrogens (tertiary/aromatic N) is 2. The SMILES string of the molecule is CNCCC1CCN(c2cccc(Cl)c2[N+](=O)[O-])CC1. The van der Waals surface area contributed by atoms with Crippen LogP contribution in [-0.4, -0.2) is 31.6 Å².